The summed E-state index contributed by atoms with van der Waals surface area (Å²) >= 11 is 0. The highest BCUT2D eigenvalue weighted by molar-refractivity contribution is 8.13. The van der Waals surface area contributed by atoms with Crippen molar-refractivity contribution in [2.75, 3.05) is 6.61 Å². The largest absolute Gasteiger partial charge is 0.461 e. The SMILES string of the molecule is O=C(OCC1CC1)c1cc(S(=O)(=O)Cl)cn1CC(F)(F)F. The number of esters is 1. The number of hydrogen-bond acceptors (Lipinski definition) is 4. The Hall–Kier alpha value is -1.22. The molecule has 0 aliphatic heterocycles. The molecule has 0 aromatic carbocycles. The number of aromatic nitrogens is 1. The van der Waals surface area contributed by atoms with Gasteiger partial charge in [-0.15, -0.1) is 0 Å². The molecule has 0 N–H and O–H groups in total. The van der Waals surface area contributed by atoms with Crippen LogP contribution in [0.1, 0.15) is 23.3 Å². The second-order valence-electron chi connectivity index (χ2n) is 4.78. The van der Waals surface area contributed by atoms with Gasteiger partial charge in [-0.05, 0) is 24.8 Å². The molecule has 0 atom stereocenters. The van der Waals surface area contributed by atoms with Crippen LogP contribution in [0, 0.1) is 5.92 Å². The number of halogens is 4. The van der Waals surface area contributed by atoms with Gasteiger partial charge in [-0.25, -0.2) is 13.2 Å². The number of alkyl halides is 3. The summed E-state index contributed by atoms with van der Waals surface area (Å²) in [6.45, 7) is -1.40. The van der Waals surface area contributed by atoms with Crippen molar-refractivity contribution in [2.24, 2.45) is 5.92 Å². The zero-order valence-electron chi connectivity index (χ0n) is 10.6. The van der Waals surface area contributed by atoms with Crippen LogP contribution in [0.2, 0.25) is 0 Å². The molecule has 0 saturated heterocycles. The van der Waals surface area contributed by atoms with Crippen LogP contribution in [0.4, 0.5) is 13.2 Å². The lowest BCUT2D eigenvalue weighted by Gasteiger charge is -2.11. The van der Waals surface area contributed by atoms with Gasteiger partial charge in [0.15, 0.2) is 0 Å². The Balaban J connectivity index is 2.27. The molecule has 2 rings (SSSR count). The molecule has 118 valence electrons. The molecule has 0 spiro atoms. The van der Waals surface area contributed by atoms with Gasteiger partial charge in [0.05, 0.1) is 6.61 Å². The molecule has 0 unspecified atom stereocenters. The minimum Gasteiger partial charge on any atom is -0.461 e. The van der Waals surface area contributed by atoms with E-state index in [2.05, 4.69) is 0 Å². The van der Waals surface area contributed by atoms with Crippen molar-refractivity contribution in [3.05, 3.63) is 18.0 Å². The van der Waals surface area contributed by atoms with Crippen LogP contribution in [-0.4, -0.2) is 31.7 Å². The van der Waals surface area contributed by atoms with Crippen LogP contribution in [0.15, 0.2) is 17.2 Å². The first-order valence-corrected chi connectivity index (χ1v) is 8.26. The normalized spacial score (nSPS) is 16.0. The molecule has 10 heteroatoms. The van der Waals surface area contributed by atoms with Crippen molar-refractivity contribution >= 4 is 25.7 Å². The van der Waals surface area contributed by atoms with Gasteiger partial charge < -0.3 is 9.30 Å². The van der Waals surface area contributed by atoms with E-state index in [0.717, 1.165) is 18.9 Å². The van der Waals surface area contributed by atoms with Crippen LogP contribution in [-0.2, 0) is 20.3 Å². The van der Waals surface area contributed by atoms with Crippen molar-refractivity contribution in [3.8, 4) is 0 Å². The Bertz CT molecular complexity index is 649. The quantitative estimate of drug-likeness (QED) is 0.607. The highest BCUT2D eigenvalue weighted by atomic mass is 35.7. The van der Waals surface area contributed by atoms with Crippen molar-refractivity contribution < 1.29 is 31.1 Å². The van der Waals surface area contributed by atoms with Crippen LogP contribution < -0.4 is 0 Å². The van der Waals surface area contributed by atoms with Crippen LogP contribution >= 0.6 is 10.7 Å². The highest BCUT2D eigenvalue weighted by Crippen LogP contribution is 2.29. The maximum Gasteiger partial charge on any atom is 0.406 e. The van der Waals surface area contributed by atoms with E-state index in [0.29, 0.717) is 10.8 Å². The molecule has 1 aromatic rings. The first kappa shape index (κ1) is 16.2. The van der Waals surface area contributed by atoms with Crippen LogP contribution in [0.3, 0.4) is 0 Å². The summed E-state index contributed by atoms with van der Waals surface area (Å²) in [6.07, 6.45) is -2.14. The van der Waals surface area contributed by atoms with E-state index in [1.54, 1.807) is 0 Å². The Morgan fingerprint density at radius 2 is 2.05 bits per heavy atom. The van der Waals surface area contributed by atoms with E-state index in [4.69, 9.17) is 15.4 Å². The third kappa shape index (κ3) is 4.63. The van der Waals surface area contributed by atoms with Crippen molar-refractivity contribution in [1.82, 2.24) is 4.57 Å². The lowest BCUT2D eigenvalue weighted by Crippen LogP contribution is -2.21. The molecule has 0 amide bonds. The van der Waals surface area contributed by atoms with Crippen molar-refractivity contribution in [3.63, 3.8) is 0 Å². The molecule has 1 heterocycles. The summed E-state index contributed by atoms with van der Waals surface area (Å²) < 4.78 is 65.1. The molecule has 1 aliphatic carbocycles. The van der Waals surface area contributed by atoms with Gasteiger partial charge in [0, 0.05) is 16.9 Å². The number of nitrogens with zero attached hydrogens (tertiary/aromatic N) is 1. The van der Waals surface area contributed by atoms with Crippen LogP contribution in [0.5, 0.6) is 0 Å². The zero-order chi connectivity index (χ0) is 15.8. The molecule has 1 aromatic heterocycles. The van der Waals surface area contributed by atoms with Gasteiger partial charge in [-0.2, -0.15) is 13.2 Å². The zero-order valence-corrected chi connectivity index (χ0v) is 12.1. The van der Waals surface area contributed by atoms with Crippen LogP contribution in [0.25, 0.3) is 0 Å². The molecular weight excluding hydrogens is 335 g/mol. The van der Waals surface area contributed by atoms with Gasteiger partial charge in [0.1, 0.15) is 17.1 Å². The van der Waals surface area contributed by atoms with Gasteiger partial charge in [-0.1, -0.05) is 0 Å². The summed E-state index contributed by atoms with van der Waals surface area (Å²) in [5, 5.41) is 0. The number of rotatable bonds is 5. The smallest absolute Gasteiger partial charge is 0.406 e. The van der Waals surface area contributed by atoms with E-state index in [-0.39, 0.29) is 12.5 Å². The molecule has 0 bridgehead atoms. The summed E-state index contributed by atoms with van der Waals surface area (Å²) in [5.41, 5.74) is -0.493. The highest BCUT2D eigenvalue weighted by Gasteiger charge is 2.32. The third-order valence-electron chi connectivity index (χ3n) is 2.86. The Kier molecular flexibility index (Phi) is 4.25. The molecular formula is C11H11ClF3NO4S. The summed E-state index contributed by atoms with van der Waals surface area (Å²) in [6, 6.07) is 0.781. The summed E-state index contributed by atoms with van der Waals surface area (Å²) in [7, 11) is 0.847. The number of carbonyl (C=O) groups excluding carboxylic acids is 1. The molecule has 0 radical (unpaired) electrons. The minimum absolute atomic E-state index is 0.110. The van der Waals surface area contributed by atoms with E-state index < -0.39 is 38.3 Å². The number of ether oxygens (including phenoxy) is 1. The monoisotopic (exact) mass is 345 g/mol. The van der Waals surface area contributed by atoms with Crippen molar-refractivity contribution in [1.29, 1.82) is 0 Å². The Morgan fingerprint density at radius 3 is 2.52 bits per heavy atom. The van der Waals surface area contributed by atoms with Gasteiger partial charge in [0.2, 0.25) is 0 Å². The predicted octanol–water partition coefficient (Wildman–Crippen LogP) is 2.54. The second-order valence-corrected chi connectivity index (χ2v) is 7.35. The van der Waals surface area contributed by atoms with E-state index >= 15 is 0 Å². The average molecular weight is 346 g/mol. The fraction of sp³-hybridized carbons (Fsp3) is 0.545. The fourth-order valence-electron chi connectivity index (χ4n) is 1.66. The van der Waals surface area contributed by atoms with E-state index in [9.17, 15) is 26.4 Å². The molecule has 1 aliphatic rings. The Labute approximate surface area is 123 Å². The van der Waals surface area contributed by atoms with Gasteiger partial charge in [0.25, 0.3) is 9.05 Å². The van der Waals surface area contributed by atoms with E-state index in [1.807, 2.05) is 0 Å². The molecule has 1 saturated carbocycles. The molecule has 21 heavy (non-hydrogen) atoms. The average Bonchev–Trinajstić information content (AvgIpc) is 3.03. The number of hydrogen-bond donors (Lipinski definition) is 0. The molecule has 1 fully saturated rings. The first-order valence-electron chi connectivity index (χ1n) is 5.95. The van der Waals surface area contributed by atoms with Gasteiger partial charge >= 0.3 is 12.1 Å². The first-order chi connectivity index (χ1) is 9.56. The third-order valence-corrected chi connectivity index (χ3v) is 4.18. The topological polar surface area (TPSA) is 65.4 Å². The standard InChI is InChI=1S/C11H11ClF3NO4S/c12-21(18,19)8-3-9(10(17)20-5-7-1-2-7)16(4-8)6-11(13,14)15/h3-4,7H,1-2,5-6H2. The summed E-state index contributed by atoms with van der Waals surface area (Å²) in [5.74, 6) is -0.770. The maximum absolute atomic E-state index is 12.5. The summed E-state index contributed by atoms with van der Waals surface area (Å²) in [4.78, 5) is 11.2. The number of carbonyl (C=O) groups is 1. The van der Waals surface area contributed by atoms with Crippen molar-refractivity contribution in [2.45, 2.75) is 30.5 Å². The Morgan fingerprint density at radius 1 is 1.43 bits per heavy atom. The minimum atomic E-state index is -4.61. The second kappa shape index (κ2) is 5.53. The molecule has 5 nitrogen and oxygen atoms in total. The predicted molar refractivity (Wildman–Crippen MR) is 66.5 cm³/mol. The lowest BCUT2D eigenvalue weighted by atomic mass is 10.4. The lowest BCUT2D eigenvalue weighted by molar-refractivity contribution is -0.140. The fourth-order valence-corrected chi connectivity index (χ4v) is 2.42. The maximum atomic E-state index is 12.5. The van der Waals surface area contributed by atoms with E-state index in [1.165, 1.54) is 0 Å². The van der Waals surface area contributed by atoms with Gasteiger partial charge in [-0.3, -0.25) is 0 Å².